The van der Waals surface area contributed by atoms with Crippen LogP contribution in [0.15, 0.2) is 42.6 Å². The third-order valence-corrected chi connectivity index (χ3v) is 5.04. The van der Waals surface area contributed by atoms with Crippen molar-refractivity contribution in [2.24, 2.45) is 5.14 Å². The minimum absolute atomic E-state index is 0.146. The summed E-state index contributed by atoms with van der Waals surface area (Å²) in [6.07, 6.45) is 2.39. The van der Waals surface area contributed by atoms with Gasteiger partial charge >= 0.3 is 0 Å². The summed E-state index contributed by atoms with van der Waals surface area (Å²) in [5.74, 6) is -0.306. The molecule has 2 heterocycles. The number of methoxy groups -OCH3 is 1. The third-order valence-electron chi connectivity index (χ3n) is 4.52. The molecule has 1 aliphatic heterocycles. The first-order valence-electron chi connectivity index (χ1n) is 8.19. The molecule has 2 aromatic carbocycles. The van der Waals surface area contributed by atoms with Crippen LogP contribution in [0.25, 0.3) is 10.9 Å². The van der Waals surface area contributed by atoms with Crippen molar-refractivity contribution in [2.75, 3.05) is 23.3 Å². The lowest BCUT2D eigenvalue weighted by atomic mass is 10.1. The van der Waals surface area contributed by atoms with Crippen LogP contribution in [-0.4, -0.2) is 27.1 Å². The molecule has 0 bridgehead atoms. The smallest absolute Gasteiger partial charge is 0.296 e. The van der Waals surface area contributed by atoms with Crippen molar-refractivity contribution in [3.63, 3.8) is 0 Å². The van der Waals surface area contributed by atoms with Gasteiger partial charge in [-0.3, -0.25) is 9.71 Å². The van der Waals surface area contributed by atoms with Crippen LogP contribution in [0.4, 0.5) is 21.5 Å². The van der Waals surface area contributed by atoms with E-state index in [2.05, 4.69) is 14.6 Å². The van der Waals surface area contributed by atoms with Crippen LogP contribution in [0.5, 0.6) is 5.75 Å². The van der Waals surface area contributed by atoms with E-state index in [0.29, 0.717) is 23.1 Å². The zero-order chi connectivity index (χ0) is 19.2. The summed E-state index contributed by atoms with van der Waals surface area (Å²) in [7, 11) is -2.41. The van der Waals surface area contributed by atoms with Gasteiger partial charge in [-0.2, -0.15) is 8.42 Å². The average Bonchev–Trinajstić information content (AvgIpc) is 3.02. The standard InChI is InChI=1S/C18H17FN4O3S/c1-26-18-10-15-13(9-14(18)19)17(4-6-21-15)23-7-5-11-8-12(2-3-16(11)23)22-27(20,24)25/h2-4,6,8-10,22H,5,7H2,1H3,(H2,20,24,25). The number of nitrogens with zero attached hydrogens (tertiary/aromatic N) is 2. The first-order chi connectivity index (χ1) is 12.9. The predicted octanol–water partition coefficient (Wildman–Crippen LogP) is 2.69. The molecule has 0 atom stereocenters. The van der Waals surface area contributed by atoms with Crippen molar-refractivity contribution in [1.82, 2.24) is 4.98 Å². The number of fused-ring (bicyclic) bond motifs is 2. The maximum Gasteiger partial charge on any atom is 0.296 e. The van der Waals surface area contributed by atoms with Gasteiger partial charge < -0.3 is 9.64 Å². The van der Waals surface area contributed by atoms with Crippen molar-refractivity contribution >= 4 is 38.2 Å². The van der Waals surface area contributed by atoms with Crippen LogP contribution in [0, 0.1) is 5.82 Å². The van der Waals surface area contributed by atoms with E-state index in [1.54, 1.807) is 24.4 Å². The highest BCUT2D eigenvalue weighted by Gasteiger charge is 2.23. The largest absolute Gasteiger partial charge is 0.494 e. The van der Waals surface area contributed by atoms with Crippen LogP contribution in [0.3, 0.4) is 0 Å². The second kappa shape index (κ2) is 6.36. The number of hydrogen-bond acceptors (Lipinski definition) is 5. The van der Waals surface area contributed by atoms with Gasteiger partial charge in [-0.1, -0.05) is 0 Å². The van der Waals surface area contributed by atoms with E-state index in [-0.39, 0.29) is 5.75 Å². The molecule has 0 fully saturated rings. The fourth-order valence-electron chi connectivity index (χ4n) is 3.40. The number of hydrogen-bond donors (Lipinski definition) is 2. The molecule has 0 saturated heterocycles. The summed E-state index contributed by atoms with van der Waals surface area (Å²) in [5, 5.41) is 5.71. The van der Waals surface area contributed by atoms with Gasteiger partial charge in [-0.25, -0.2) is 9.53 Å². The fourth-order valence-corrected chi connectivity index (χ4v) is 3.86. The first kappa shape index (κ1) is 17.5. The molecule has 0 amide bonds. The number of pyridine rings is 1. The predicted molar refractivity (Wildman–Crippen MR) is 102 cm³/mol. The van der Waals surface area contributed by atoms with Gasteiger partial charge in [0, 0.05) is 29.9 Å². The number of aromatic nitrogens is 1. The second-order valence-corrected chi connectivity index (χ2v) is 7.52. The molecule has 0 spiro atoms. The normalized spacial score (nSPS) is 13.7. The lowest BCUT2D eigenvalue weighted by molar-refractivity contribution is 0.387. The van der Waals surface area contributed by atoms with Gasteiger partial charge in [0.2, 0.25) is 0 Å². The number of nitrogens with one attached hydrogen (secondary N) is 1. The quantitative estimate of drug-likeness (QED) is 0.716. The maximum absolute atomic E-state index is 14.2. The van der Waals surface area contributed by atoms with E-state index in [4.69, 9.17) is 9.88 Å². The first-order valence-corrected chi connectivity index (χ1v) is 9.73. The molecular formula is C18H17FN4O3S. The Bertz CT molecular complexity index is 1150. The Morgan fingerprint density at radius 1 is 1.22 bits per heavy atom. The number of benzene rings is 2. The van der Waals surface area contributed by atoms with Crippen molar-refractivity contribution in [2.45, 2.75) is 6.42 Å². The monoisotopic (exact) mass is 388 g/mol. The SMILES string of the molecule is COc1cc2nccc(N3CCc4cc(NS(N)(=O)=O)ccc43)c2cc1F. The average molecular weight is 388 g/mol. The maximum atomic E-state index is 14.2. The van der Waals surface area contributed by atoms with Crippen molar-refractivity contribution in [1.29, 1.82) is 0 Å². The van der Waals surface area contributed by atoms with Crippen molar-refractivity contribution in [3.8, 4) is 5.75 Å². The Labute approximate surface area is 155 Å². The van der Waals surface area contributed by atoms with E-state index < -0.39 is 16.0 Å². The number of anilines is 3. The van der Waals surface area contributed by atoms with Gasteiger partial charge in [0.25, 0.3) is 10.2 Å². The Morgan fingerprint density at radius 2 is 2.04 bits per heavy atom. The minimum atomic E-state index is -3.83. The van der Waals surface area contributed by atoms with Gasteiger partial charge in [0.1, 0.15) is 0 Å². The number of nitrogens with two attached hydrogens (primary N) is 1. The van der Waals surface area contributed by atoms with Crippen LogP contribution < -0.4 is 19.5 Å². The number of rotatable bonds is 4. The fraction of sp³-hybridized carbons (Fsp3) is 0.167. The van der Waals surface area contributed by atoms with Gasteiger partial charge in [-0.05, 0) is 42.3 Å². The molecule has 4 rings (SSSR count). The van der Waals surface area contributed by atoms with Crippen LogP contribution in [0.2, 0.25) is 0 Å². The molecule has 140 valence electrons. The molecule has 3 N–H and O–H groups in total. The zero-order valence-corrected chi connectivity index (χ0v) is 15.3. The lowest BCUT2D eigenvalue weighted by Crippen LogP contribution is -2.21. The van der Waals surface area contributed by atoms with Crippen molar-refractivity contribution < 1.29 is 17.5 Å². The molecule has 0 aliphatic carbocycles. The summed E-state index contributed by atoms with van der Waals surface area (Å²) in [4.78, 5) is 6.37. The zero-order valence-electron chi connectivity index (χ0n) is 14.4. The highest BCUT2D eigenvalue weighted by molar-refractivity contribution is 7.90. The lowest BCUT2D eigenvalue weighted by Gasteiger charge is -2.22. The van der Waals surface area contributed by atoms with E-state index in [0.717, 1.165) is 23.4 Å². The second-order valence-electron chi connectivity index (χ2n) is 6.23. The molecule has 7 nitrogen and oxygen atoms in total. The summed E-state index contributed by atoms with van der Waals surface area (Å²) in [5.41, 5.74) is 3.77. The van der Waals surface area contributed by atoms with Crippen LogP contribution in [0.1, 0.15) is 5.56 Å². The highest BCUT2D eigenvalue weighted by Crippen LogP contribution is 2.39. The highest BCUT2D eigenvalue weighted by atomic mass is 32.2. The summed E-state index contributed by atoms with van der Waals surface area (Å²) >= 11 is 0. The molecule has 27 heavy (non-hydrogen) atoms. The Morgan fingerprint density at radius 3 is 2.78 bits per heavy atom. The molecule has 0 saturated carbocycles. The molecular weight excluding hydrogens is 371 g/mol. The van der Waals surface area contributed by atoms with E-state index in [1.165, 1.54) is 13.2 Å². The van der Waals surface area contributed by atoms with E-state index in [1.807, 2.05) is 12.1 Å². The Hall–Kier alpha value is -2.91. The molecule has 1 aromatic heterocycles. The van der Waals surface area contributed by atoms with E-state index >= 15 is 0 Å². The number of halogens is 1. The van der Waals surface area contributed by atoms with Gasteiger partial charge in [0.05, 0.1) is 24.0 Å². The Kier molecular flexibility index (Phi) is 4.12. The summed E-state index contributed by atoms with van der Waals surface area (Å²) in [6, 6.07) is 10.1. The van der Waals surface area contributed by atoms with Crippen molar-refractivity contribution in [3.05, 3.63) is 54.0 Å². The molecule has 3 aromatic rings. The summed E-state index contributed by atoms with van der Waals surface area (Å²) in [6.45, 7) is 0.681. The van der Waals surface area contributed by atoms with Crippen LogP contribution in [-0.2, 0) is 16.6 Å². The van der Waals surface area contributed by atoms with Crippen LogP contribution >= 0.6 is 0 Å². The third kappa shape index (κ3) is 3.26. The molecule has 1 aliphatic rings. The topological polar surface area (TPSA) is 97.5 Å². The van der Waals surface area contributed by atoms with Gasteiger partial charge in [-0.15, -0.1) is 0 Å². The minimum Gasteiger partial charge on any atom is -0.494 e. The number of ether oxygens (including phenoxy) is 1. The summed E-state index contributed by atoms with van der Waals surface area (Å²) < 4.78 is 44.0. The van der Waals surface area contributed by atoms with Gasteiger partial charge in [0.15, 0.2) is 11.6 Å². The molecule has 9 heteroatoms. The van der Waals surface area contributed by atoms with E-state index in [9.17, 15) is 12.8 Å². The molecule has 0 unspecified atom stereocenters. The molecule has 0 radical (unpaired) electrons. The Balaban J connectivity index is 1.78.